The van der Waals surface area contributed by atoms with E-state index in [0.717, 1.165) is 12.1 Å². The van der Waals surface area contributed by atoms with E-state index in [2.05, 4.69) is 20.9 Å². The number of halogens is 7. The quantitative estimate of drug-likeness (QED) is 0.611. The van der Waals surface area contributed by atoms with Gasteiger partial charge in [-0.15, -0.1) is 0 Å². The smallest absolute Gasteiger partial charge is 0.243 e. The van der Waals surface area contributed by atoms with Crippen LogP contribution in [0.25, 0.3) is 10.9 Å². The maximum atomic E-state index is 12.8. The monoisotopic (exact) mass is 343 g/mol. The standard InChI is InChI=1S/C11H4BrF6N/c12-5-1-2-8-6(3-5)7(10(13,14)15)4-9(19-8)11(16,17)18/h1-4H. The lowest BCUT2D eigenvalue weighted by atomic mass is 10.1. The lowest BCUT2D eigenvalue weighted by molar-refractivity contribution is -0.144. The van der Waals surface area contributed by atoms with Crippen molar-refractivity contribution in [3.8, 4) is 0 Å². The minimum Gasteiger partial charge on any atom is -0.243 e. The summed E-state index contributed by atoms with van der Waals surface area (Å²) in [5, 5.41) is -0.380. The van der Waals surface area contributed by atoms with Crippen LogP contribution in [0.1, 0.15) is 11.3 Å². The molecule has 0 aliphatic carbocycles. The van der Waals surface area contributed by atoms with Gasteiger partial charge in [0.05, 0.1) is 11.1 Å². The van der Waals surface area contributed by atoms with E-state index in [1.807, 2.05) is 0 Å². The van der Waals surface area contributed by atoms with E-state index in [4.69, 9.17) is 0 Å². The summed E-state index contributed by atoms with van der Waals surface area (Å²) in [5.74, 6) is 0. The van der Waals surface area contributed by atoms with E-state index >= 15 is 0 Å². The van der Waals surface area contributed by atoms with Crippen molar-refractivity contribution >= 4 is 26.8 Å². The van der Waals surface area contributed by atoms with Gasteiger partial charge < -0.3 is 0 Å². The van der Waals surface area contributed by atoms with Crippen LogP contribution < -0.4 is 0 Å². The SMILES string of the molecule is FC(F)(F)c1cc(C(F)(F)F)c2cc(Br)ccc2n1. The van der Waals surface area contributed by atoms with Gasteiger partial charge in [-0.1, -0.05) is 15.9 Å². The van der Waals surface area contributed by atoms with Gasteiger partial charge in [-0.2, -0.15) is 26.3 Å². The van der Waals surface area contributed by atoms with Gasteiger partial charge in [0.1, 0.15) is 5.69 Å². The van der Waals surface area contributed by atoms with Crippen molar-refractivity contribution in [2.24, 2.45) is 0 Å². The number of benzene rings is 1. The molecule has 0 saturated heterocycles. The van der Waals surface area contributed by atoms with E-state index in [9.17, 15) is 26.3 Å². The van der Waals surface area contributed by atoms with E-state index in [1.165, 1.54) is 6.07 Å². The predicted molar refractivity (Wildman–Crippen MR) is 59.4 cm³/mol. The number of pyridine rings is 1. The third-order valence-electron chi connectivity index (χ3n) is 2.37. The second-order valence-electron chi connectivity index (χ2n) is 3.71. The normalized spacial score (nSPS) is 13.0. The lowest BCUT2D eigenvalue weighted by Gasteiger charge is -2.14. The van der Waals surface area contributed by atoms with Crippen LogP contribution in [0, 0.1) is 0 Å². The molecule has 0 spiro atoms. The van der Waals surface area contributed by atoms with E-state index in [1.54, 1.807) is 0 Å². The largest absolute Gasteiger partial charge is 0.433 e. The zero-order valence-corrected chi connectivity index (χ0v) is 10.5. The fraction of sp³-hybridized carbons (Fsp3) is 0.182. The number of fused-ring (bicyclic) bond motifs is 1. The fourth-order valence-corrected chi connectivity index (χ4v) is 1.94. The molecule has 102 valence electrons. The summed E-state index contributed by atoms with van der Waals surface area (Å²) in [6, 6.07) is 3.54. The molecular formula is C11H4BrF6N. The Kier molecular flexibility index (Phi) is 3.24. The van der Waals surface area contributed by atoms with Crippen molar-refractivity contribution in [1.29, 1.82) is 0 Å². The zero-order valence-electron chi connectivity index (χ0n) is 8.90. The summed E-state index contributed by atoms with van der Waals surface area (Å²) in [5.41, 5.74) is -3.27. The third-order valence-corrected chi connectivity index (χ3v) is 2.86. The Bertz CT molecular complexity index is 631. The van der Waals surface area contributed by atoms with Crippen molar-refractivity contribution in [2.45, 2.75) is 12.4 Å². The first-order chi connectivity index (χ1) is 8.59. The van der Waals surface area contributed by atoms with Crippen molar-refractivity contribution in [3.05, 3.63) is 40.0 Å². The molecule has 19 heavy (non-hydrogen) atoms. The highest BCUT2D eigenvalue weighted by Crippen LogP contribution is 2.39. The number of nitrogens with zero attached hydrogens (tertiary/aromatic N) is 1. The molecule has 0 radical (unpaired) electrons. The van der Waals surface area contributed by atoms with Gasteiger partial charge in [-0.3, -0.25) is 0 Å². The predicted octanol–water partition coefficient (Wildman–Crippen LogP) is 5.03. The molecule has 1 aromatic carbocycles. The van der Waals surface area contributed by atoms with E-state index in [-0.39, 0.29) is 17.0 Å². The second kappa shape index (κ2) is 4.36. The number of hydrogen-bond acceptors (Lipinski definition) is 1. The van der Waals surface area contributed by atoms with Crippen LogP contribution in [0.15, 0.2) is 28.7 Å². The molecule has 1 nitrogen and oxygen atoms in total. The van der Waals surface area contributed by atoms with Crippen LogP contribution in [0.3, 0.4) is 0 Å². The zero-order chi connectivity index (χ0) is 14.4. The molecule has 0 atom stereocenters. The maximum absolute atomic E-state index is 12.8. The molecule has 2 aromatic rings. The average Bonchev–Trinajstić information content (AvgIpc) is 2.24. The Labute approximate surface area is 111 Å². The molecule has 8 heteroatoms. The lowest BCUT2D eigenvalue weighted by Crippen LogP contribution is -2.13. The van der Waals surface area contributed by atoms with Crippen LogP contribution in [-0.4, -0.2) is 4.98 Å². The summed E-state index contributed by atoms with van der Waals surface area (Å²) in [4.78, 5) is 3.22. The van der Waals surface area contributed by atoms with Gasteiger partial charge in [0.15, 0.2) is 0 Å². The van der Waals surface area contributed by atoms with Crippen molar-refractivity contribution in [2.75, 3.05) is 0 Å². The highest BCUT2D eigenvalue weighted by atomic mass is 79.9. The topological polar surface area (TPSA) is 12.9 Å². The molecule has 0 aliphatic rings. The Morgan fingerprint density at radius 1 is 0.895 bits per heavy atom. The van der Waals surface area contributed by atoms with Gasteiger partial charge in [0, 0.05) is 9.86 Å². The van der Waals surface area contributed by atoms with Crippen LogP contribution >= 0.6 is 15.9 Å². The van der Waals surface area contributed by atoms with Crippen molar-refractivity contribution < 1.29 is 26.3 Å². The first-order valence-electron chi connectivity index (χ1n) is 4.84. The first-order valence-corrected chi connectivity index (χ1v) is 5.63. The van der Waals surface area contributed by atoms with Crippen LogP contribution in [0.2, 0.25) is 0 Å². The van der Waals surface area contributed by atoms with Gasteiger partial charge in [-0.25, -0.2) is 4.98 Å². The van der Waals surface area contributed by atoms with Crippen LogP contribution in [-0.2, 0) is 12.4 Å². The number of alkyl halides is 6. The Balaban J connectivity index is 2.85. The molecule has 0 aliphatic heterocycles. The van der Waals surface area contributed by atoms with Gasteiger partial charge in [-0.05, 0) is 24.3 Å². The van der Waals surface area contributed by atoms with Crippen molar-refractivity contribution in [1.82, 2.24) is 4.98 Å². The summed E-state index contributed by atoms with van der Waals surface area (Å²) < 4.78 is 76.3. The van der Waals surface area contributed by atoms with E-state index in [0.29, 0.717) is 4.47 Å². The summed E-state index contributed by atoms with van der Waals surface area (Å²) in [6.45, 7) is 0. The number of rotatable bonds is 0. The molecule has 1 heterocycles. The third kappa shape index (κ3) is 2.83. The minimum absolute atomic E-state index is 0.0226. The first kappa shape index (κ1) is 14.1. The highest BCUT2D eigenvalue weighted by molar-refractivity contribution is 9.10. The Hall–Kier alpha value is -1.31. The van der Waals surface area contributed by atoms with Gasteiger partial charge in [0.2, 0.25) is 0 Å². The molecule has 0 amide bonds. The molecule has 2 rings (SSSR count). The summed E-state index contributed by atoms with van der Waals surface area (Å²) in [6.07, 6.45) is -9.82. The molecule has 0 bridgehead atoms. The maximum Gasteiger partial charge on any atom is 0.433 e. The second-order valence-corrected chi connectivity index (χ2v) is 4.63. The molecule has 0 N–H and O–H groups in total. The van der Waals surface area contributed by atoms with Gasteiger partial charge >= 0.3 is 12.4 Å². The Morgan fingerprint density at radius 3 is 2.05 bits per heavy atom. The summed E-state index contributed by atoms with van der Waals surface area (Å²) in [7, 11) is 0. The van der Waals surface area contributed by atoms with Crippen LogP contribution in [0.5, 0.6) is 0 Å². The van der Waals surface area contributed by atoms with Gasteiger partial charge in [0.25, 0.3) is 0 Å². The minimum atomic E-state index is -4.93. The highest BCUT2D eigenvalue weighted by Gasteiger charge is 2.39. The molecule has 0 saturated carbocycles. The molecular weight excluding hydrogens is 340 g/mol. The molecule has 1 aromatic heterocycles. The fourth-order valence-electron chi connectivity index (χ4n) is 1.58. The number of aromatic nitrogens is 1. The average molecular weight is 344 g/mol. The molecule has 0 unspecified atom stereocenters. The number of hydrogen-bond donors (Lipinski definition) is 0. The van der Waals surface area contributed by atoms with E-state index < -0.39 is 23.6 Å². The molecule has 0 fully saturated rings. The summed E-state index contributed by atoms with van der Waals surface area (Å²) >= 11 is 2.97. The van der Waals surface area contributed by atoms with Crippen LogP contribution in [0.4, 0.5) is 26.3 Å². The van der Waals surface area contributed by atoms with Crippen molar-refractivity contribution in [3.63, 3.8) is 0 Å². The Morgan fingerprint density at radius 2 is 1.53 bits per heavy atom.